The van der Waals surface area contributed by atoms with E-state index in [1.54, 1.807) is 0 Å². The molecule has 3 rings (SSSR count). The second-order valence-electron chi connectivity index (χ2n) is 7.90. The summed E-state index contributed by atoms with van der Waals surface area (Å²) in [5.41, 5.74) is 0. The fourth-order valence-corrected chi connectivity index (χ4v) is 4.51. The van der Waals surface area contributed by atoms with Crippen LogP contribution < -0.4 is 5.32 Å². The van der Waals surface area contributed by atoms with Gasteiger partial charge in [-0.05, 0) is 51.2 Å². The van der Waals surface area contributed by atoms with E-state index in [4.69, 9.17) is 0 Å². The van der Waals surface area contributed by atoms with Crippen molar-refractivity contribution in [1.29, 1.82) is 0 Å². The Bertz CT molecular complexity index is 386. The van der Waals surface area contributed by atoms with Crippen molar-refractivity contribution in [3.63, 3.8) is 0 Å². The van der Waals surface area contributed by atoms with Crippen molar-refractivity contribution in [2.24, 2.45) is 5.92 Å². The number of amides is 1. The normalized spacial score (nSPS) is 25.7. The van der Waals surface area contributed by atoms with Crippen molar-refractivity contribution in [3.8, 4) is 0 Å². The van der Waals surface area contributed by atoms with Gasteiger partial charge in [0.05, 0.1) is 0 Å². The van der Waals surface area contributed by atoms with Crippen LogP contribution in [0.3, 0.4) is 0 Å². The maximum atomic E-state index is 12.3. The molecule has 3 heterocycles. The first-order valence-corrected chi connectivity index (χ1v) is 10.2. The molecule has 0 aromatic rings. The molecule has 26 heavy (non-hydrogen) atoms. The van der Waals surface area contributed by atoms with Gasteiger partial charge < -0.3 is 20.0 Å². The molecule has 0 spiro atoms. The van der Waals surface area contributed by atoms with Gasteiger partial charge in [-0.1, -0.05) is 12.8 Å². The highest BCUT2D eigenvalue weighted by Crippen LogP contribution is 2.20. The predicted octanol–water partition coefficient (Wildman–Crippen LogP) is 2.24. The quantitative estimate of drug-likeness (QED) is 0.756. The summed E-state index contributed by atoms with van der Waals surface area (Å²) in [7, 11) is 0. The smallest absolute Gasteiger partial charge is 0.223 e. The van der Waals surface area contributed by atoms with E-state index in [9.17, 15) is 4.79 Å². The van der Waals surface area contributed by atoms with Crippen molar-refractivity contribution in [2.75, 3.05) is 65.4 Å². The summed E-state index contributed by atoms with van der Waals surface area (Å²) in [6.45, 7) is 10.9. The highest BCUT2D eigenvalue weighted by atomic mass is 35.5. The van der Waals surface area contributed by atoms with Crippen LogP contribution >= 0.6 is 24.8 Å². The summed E-state index contributed by atoms with van der Waals surface area (Å²) in [4.78, 5) is 19.6. The number of rotatable bonds is 5. The van der Waals surface area contributed by atoms with Crippen LogP contribution in [0.5, 0.6) is 0 Å². The average Bonchev–Trinajstić information content (AvgIpc) is 2.89. The Hall–Kier alpha value is -0.0700. The minimum Gasteiger partial charge on any atom is -0.340 e. The zero-order valence-electron chi connectivity index (χ0n) is 16.2. The summed E-state index contributed by atoms with van der Waals surface area (Å²) >= 11 is 0. The number of carbonyl (C=O) groups excluding carboxylic acids is 1. The molecule has 0 bridgehead atoms. The van der Waals surface area contributed by atoms with Crippen molar-refractivity contribution in [1.82, 2.24) is 20.0 Å². The van der Waals surface area contributed by atoms with Gasteiger partial charge in [-0.2, -0.15) is 0 Å². The summed E-state index contributed by atoms with van der Waals surface area (Å²) in [6, 6.07) is 0. The minimum atomic E-state index is 0. The maximum Gasteiger partial charge on any atom is 0.223 e. The lowest BCUT2D eigenvalue weighted by Gasteiger charge is -2.36. The molecular weight excluding hydrogens is 371 g/mol. The van der Waals surface area contributed by atoms with E-state index in [0.29, 0.717) is 12.3 Å². The Kier molecular flexibility index (Phi) is 12.1. The molecule has 3 aliphatic rings. The number of likely N-dealkylation sites (tertiary alicyclic amines) is 2. The Balaban J connectivity index is 0.00000169. The van der Waals surface area contributed by atoms with E-state index in [2.05, 4.69) is 15.1 Å². The highest BCUT2D eigenvalue weighted by molar-refractivity contribution is 5.85. The third-order valence-electron chi connectivity index (χ3n) is 5.93. The van der Waals surface area contributed by atoms with Gasteiger partial charge in [-0.25, -0.2) is 0 Å². The topological polar surface area (TPSA) is 38.8 Å². The summed E-state index contributed by atoms with van der Waals surface area (Å²) in [5.74, 6) is 1.16. The molecule has 5 nitrogen and oxygen atoms in total. The largest absolute Gasteiger partial charge is 0.340 e. The molecule has 3 aliphatic heterocycles. The number of nitrogens with zero attached hydrogens (tertiary/aromatic N) is 3. The fraction of sp³-hybridized carbons (Fsp3) is 0.947. The van der Waals surface area contributed by atoms with Gasteiger partial charge in [-0.3, -0.25) is 4.79 Å². The molecule has 0 aromatic carbocycles. The lowest BCUT2D eigenvalue weighted by molar-refractivity contribution is -0.132. The summed E-state index contributed by atoms with van der Waals surface area (Å²) < 4.78 is 0. The van der Waals surface area contributed by atoms with E-state index >= 15 is 0 Å². The summed E-state index contributed by atoms with van der Waals surface area (Å²) in [6.07, 6.45) is 8.99. The minimum absolute atomic E-state index is 0. The molecule has 0 aliphatic carbocycles. The molecule has 154 valence electrons. The zero-order valence-corrected chi connectivity index (χ0v) is 17.8. The van der Waals surface area contributed by atoms with Crippen molar-refractivity contribution < 1.29 is 4.79 Å². The molecule has 1 atom stereocenters. The Morgan fingerprint density at radius 3 is 2.19 bits per heavy atom. The van der Waals surface area contributed by atoms with Crippen molar-refractivity contribution >= 4 is 30.7 Å². The van der Waals surface area contributed by atoms with Gasteiger partial charge >= 0.3 is 0 Å². The highest BCUT2D eigenvalue weighted by Gasteiger charge is 2.24. The molecule has 0 saturated carbocycles. The van der Waals surface area contributed by atoms with Crippen molar-refractivity contribution in [3.05, 3.63) is 0 Å². The second kappa shape index (κ2) is 13.2. The van der Waals surface area contributed by atoms with Gasteiger partial charge in [-0.15, -0.1) is 24.8 Å². The zero-order chi connectivity index (χ0) is 16.6. The number of piperazine rings is 1. The number of hydrogen-bond donors (Lipinski definition) is 1. The fourth-order valence-electron chi connectivity index (χ4n) is 4.51. The summed E-state index contributed by atoms with van der Waals surface area (Å²) in [5, 5.41) is 3.32. The average molecular weight is 409 g/mol. The Morgan fingerprint density at radius 1 is 0.846 bits per heavy atom. The predicted molar refractivity (Wildman–Crippen MR) is 113 cm³/mol. The molecule has 1 unspecified atom stereocenters. The third-order valence-corrected chi connectivity index (χ3v) is 5.93. The number of carbonyl (C=O) groups is 1. The van der Waals surface area contributed by atoms with Crippen LogP contribution in [0.15, 0.2) is 0 Å². The third kappa shape index (κ3) is 7.89. The molecule has 0 radical (unpaired) electrons. The molecule has 1 amide bonds. The Morgan fingerprint density at radius 2 is 1.50 bits per heavy atom. The molecule has 1 N–H and O–H groups in total. The molecule has 7 heteroatoms. The lowest BCUT2D eigenvalue weighted by Crippen LogP contribution is -2.47. The Labute approximate surface area is 172 Å². The van der Waals surface area contributed by atoms with E-state index in [0.717, 1.165) is 38.6 Å². The van der Waals surface area contributed by atoms with Gasteiger partial charge in [0.15, 0.2) is 0 Å². The van der Waals surface area contributed by atoms with Crippen LogP contribution in [0.25, 0.3) is 0 Å². The number of nitrogens with one attached hydrogen (secondary N) is 1. The van der Waals surface area contributed by atoms with Crippen molar-refractivity contribution in [2.45, 2.75) is 44.9 Å². The van der Waals surface area contributed by atoms with Gasteiger partial charge in [0.1, 0.15) is 0 Å². The monoisotopic (exact) mass is 408 g/mol. The van der Waals surface area contributed by atoms with Crippen LogP contribution in [0.2, 0.25) is 0 Å². The first-order chi connectivity index (χ1) is 11.8. The van der Waals surface area contributed by atoms with Crippen LogP contribution in [-0.2, 0) is 4.79 Å². The van der Waals surface area contributed by atoms with Gasteiger partial charge in [0.25, 0.3) is 0 Å². The SMILES string of the molecule is Cl.Cl.O=C(CCN1CCCC(CN2CCCCCC2)C1)N1CCNCC1. The van der Waals surface area contributed by atoms with Crippen LogP contribution in [0.4, 0.5) is 0 Å². The van der Waals surface area contributed by atoms with E-state index in [1.165, 1.54) is 71.2 Å². The van der Waals surface area contributed by atoms with E-state index < -0.39 is 0 Å². The number of piperidine rings is 1. The number of hydrogen-bond acceptors (Lipinski definition) is 4. The van der Waals surface area contributed by atoms with Crippen LogP contribution in [0, 0.1) is 5.92 Å². The molecule has 3 saturated heterocycles. The van der Waals surface area contributed by atoms with Crippen LogP contribution in [-0.4, -0.2) is 86.1 Å². The first-order valence-electron chi connectivity index (χ1n) is 10.2. The maximum absolute atomic E-state index is 12.3. The van der Waals surface area contributed by atoms with Gasteiger partial charge in [0, 0.05) is 52.2 Å². The van der Waals surface area contributed by atoms with Gasteiger partial charge in [0.2, 0.25) is 5.91 Å². The molecule has 3 fully saturated rings. The number of halogens is 2. The molecular formula is C19H38Cl2N4O. The van der Waals surface area contributed by atoms with E-state index in [1.807, 2.05) is 4.90 Å². The molecule has 0 aromatic heterocycles. The first kappa shape index (κ1) is 24.0. The standard InChI is InChI=1S/C19H36N4O.2ClH/c24-19(23-14-8-20-9-15-23)7-13-22-12-5-6-18(17-22)16-21-10-3-1-2-4-11-21;;/h18,20H,1-17H2;2*1H. The second-order valence-corrected chi connectivity index (χ2v) is 7.90. The van der Waals surface area contributed by atoms with Crippen LogP contribution in [0.1, 0.15) is 44.9 Å². The lowest BCUT2D eigenvalue weighted by atomic mass is 9.97. The van der Waals surface area contributed by atoms with E-state index in [-0.39, 0.29) is 24.8 Å².